The van der Waals surface area contributed by atoms with E-state index in [1.807, 2.05) is 0 Å². The number of ether oxygens (including phenoxy) is 1. The topological polar surface area (TPSA) is 58.6 Å². The van der Waals surface area contributed by atoms with Gasteiger partial charge in [-0.15, -0.1) is 0 Å². The van der Waals surface area contributed by atoms with Gasteiger partial charge in [-0.3, -0.25) is 4.79 Å². The Labute approximate surface area is 138 Å². The molecule has 0 spiro atoms. The number of hydrogen-bond acceptors (Lipinski definition) is 3. The van der Waals surface area contributed by atoms with Crippen LogP contribution in [0.4, 0.5) is 18.0 Å². The lowest BCUT2D eigenvalue weighted by Gasteiger charge is -2.25. The number of hydrogen-bond donors (Lipinski definition) is 1. The Balaban J connectivity index is 3.16. The van der Waals surface area contributed by atoms with Crippen LogP contribution in [0.3, 0.4) is 0 Å². The molecule has 1 unspecified atom stereocenters. The van der Waals surface area contributed by atoms with E-state index in [9.17, 15) is 22.8 Å². The molecule has 8 heteroatoms. The van der Waals surface area contributed by atoms with Crippen molar-refractivity contribution in [3.05, 3.63) is 35.4 Å². The molecule has 0 aliphatic rings. The molecule has 0 heterocycles. The molecule has 0 saturated heterocycles. The summed E-state index contributed by atoms with van der Waals surface area (Å²) in [6.45, 7) is 4.92. The summed E-state index contributed by atoms with van der Waals surface area (Å²) >= 11 is 0. The van der Waals surface area contributed by atoms with Gasteiger partial charge in [0, 0.05) is 14.1 Å². The van der Waals surface area contributed by atoms with Crippen LogP contribution in [0.15, 0.2) is 24.3 Å². The SMILES string of the molecule is CN(C)C(=O)C(NC(=O)OC(C)(C)C)c1cccc(C(F)(F)F)c1. The van der Waals surface area contributed by atoms with Crippen molar-refractivity contribution in [1.82, 2.24) is 10.2 Å². The first kappa shape index (κ1) is 19.8. The molecule has 1 aromatic rings. The number of rotatable bonds is 3. The first-order chi connectivity index (χ1) is 10.8. The lowest BCUT2D eigenvalue weighted by atomic mass is 10.0. The summed E-state index contributed by atoms with van der Waals surface area (Å²) in [5.74, 6) is -0.569. The summed E-state index contributed by atoms with van der Waals surface area (Å²) in [6.07, 6.45) is -5.44. The second-order valence-electron chi connectivity index (χ2n) is 6.44. The first-order valence-corrected chi connectivity index (χ1v) is 7.19. The number of carbonyl (C=O) groups is 2. The maximum atomic E-state index is 12.9. The highest BCUT2D eigenvalue weighted by Crippen LogP contribution is 2.31. The van der Waals surface area contributed by atoms with E-state index in [1.165, 1.54) is 31.1 Å². The zero-order chi connectivity index (χ0) is 18.7. The maximum absolute atomic E-state index is 12.9. The van der Waals surface area contributed by atoms with Gasteiger partial charge >= 0.3 is 12.3 Å². The second kappa shape index (κ2) is 7.11. The minimum absolute atomic E-state index is 0.0226. The first-order valence-electron chi connectivity index (χ1n) is 7.19. The van der Waals surface area contributed by atoms with Gasteiger partial charge < -0.3 is 15.0 Å². The molecule has 1 aromatic carbocycles. The number of amides is 2. The van der Waals surface area contributed by atoms with E-state index in [0.717, 1.165) is 12.1 Å². The van der Waals surface area contributed by atoms with Gasteiger partial charge in [-0.05, 0) is 38.5 Å². The Morgan fingerprint density at radius 3 is 2.21 bits per heavy atom. The predicted octanol–water partition coefficient (Wildman–Crippen LogP) is 3.36. The zero-order valence-electron chi connectivity index (χ0n) is 14.2. The summed E-state index contributed by atoms with van der Waals surface area (Å²) < 4.78 is 43.7. The lowest BCUT2D eigenvalue weighted by molar-refractivity contribution is -0.138. The Hall–Kier alpha value is -2.25. The van der Waals surface area contributed by atoms with E-state index in [1.54, 1.807) is 20.8 Å². The molecule has 134 valence electrons. The van der Waals surface area contributed by atoms with Crippen molar-refractivity contribution in [2.24, 2.45) is 0 Å². The zero-order valence-corrected chi connectivity index (χ0v) is 14.2. The molecule has 2 amide bonds. The van der Waals surface area contributed by atoms with Crippen LogP contribution in [-0.4, -0.2) is 36.6 Å². The van der Waals surface area contributed by atoms with Crippen molar-refractivity contribution in [2.75, 3.05) is 14.1 Å². The third-order valence-electron chi connectivity index (χ3n) is 2.90. The second-order valence-corrected chi connectivity index (χ2v) is 6.44. The fraction of sp³-hybridized carbons (Fsp3) is 0.500. The largest absolute Gasteiger partial charge is 0.444 e. The van der Waals surface area contributed by atoms with Crippen LogP contribution in [0, 0.1) is 0 Å². The van der Waals surface area contributed by atoms with E-state index in [-0.39, 0.29) is 5.56 Å². The normalized spacial score (nSPS) is 13.2. The minimum Gasteiger partial charge on any atom is -0.444 e. The molecule has 0 aliphatic carbocycles. The molecule has 0 fully saturated rings. The molecular weight excluding hydrogens is 325 g/mol. The molecule has 5 nitrogen and oxygen atoms in total. The average molecular weight is 346 g/mol. The highest BCUT2D eigenvalue weighted by atomic mass is 19.4. The van der Waals surface area contributed by atoms with Crippen molar-refractivity contribution in [3.63, 3.8) is 0 Å². The third-order valence-corrected chi connectivity index (χ3v) is 2.90. The van der Waals surface area contributed by atoms with E-state index < -0.39 is 35.4 Å². The monoisotopic (exact) mass is 346 g/mol. The molecule has 0 radical (unpaired) electrons. The molecule has 0 saturated carbocycles. The Morgan fingerprint density at radius 2 is 1.75 bits per heavy atom. The van der Waals surface area contributed by atoms with Crippen LogP contribution in [-0.2, 0) is 15.7 Å². The summed E-state index contributed by atoms with van der Waals surface area (Å²) in [6, 6.07) is 2.98. The third kappa shape index (κ3) is 5.75. The van der Waals surface area contributed by atoms with Gasteiger partial charge in [-0.2, -0.15) is 13.2 Å². The van der Waals surface area contributed by atoms with Crippen molar-refractivity contribution in [3.8, 4) is 0 Å². The number of halogens is 3. The van der Waals surface area contributed by atoms with Gasteiger partial charge in [-0.1, -0.05) is 12.1 Å². The van der Waals surface area contributed by atoms with Crippen LogP contribution in [0.5, 0.6) is 0 Å². The van der Waals surface area contributed by atoms with Crippen LogP contribution >= 0.6 is 0 Å². The van der Waals surface area contributed by atoms with E-state index in [4.69, 9.17) is 4.74 Å². The number of nitrogens with zero attached hydrogens (tertiary/aromatic N) is 1. The fourth-order valence-corrected chi connectivity index (χ4v) is 1.87. The van der Waals surface area contributed by atoms with Crippen molar-refractivity contribution < 1.29 is 27.5 Å². The van der Waals surface area contributed by atoms with Gasteiger partial charge in [0.05, 0.1) is 5.56 Å². The average Bonchev–Trinajstić information content (AvgIpc) is 2.41. The molecule has 0 bridgehead atoms. The van der Waals surface area contributed by atoms with Gasteiger partial charge in [0.1, 0.15) is 11.6 Å². The van der Waals surface area contributed by atoms with Crippen LogP contribution in [0.25, 0.3) is 0 Å². The van der Waals surface area contributed by atoms with Crippen molar-refractivity contribution >= 4 is 12.0 Å². The van der Waals surface area contributed by atoms with Crippen LogP contribution in [0.1, 0.15) is 37.9 Å². The number of benzene rings is 1. The van der Waals surface area contributed by atoms with Crippen LogP contribution < -0.4 is 5.32 Å². The fourth-order valence-electron chi connectivity index (χ4n) is 1.87. The Bertz CT molecular complexity index is 607. The minimum atomic E-state index is -4.55. The maximum Gasteiger partial charge on any atom is 0.416 e. The standard InChI is InChI=1S/C16H21F3N2O3/c1-15(2,3)24-14(23)20-12(13(22)21(4)5)10-7-6-8-11(9-10)16(17,18)19/h6-9,12H,1-5H3,(H,20,23). The quantitative estimate of drug-likeness (QED) is 0.913. The number of alkyl halides is 3. The van der Waals surface area contributed by atoms with E-state index >= 15 is 0 Å². The van der Waals surface area contributed by atoms with Gasteiger partial charge in [-0.25, -0.2) is 4.79 Å². The Morgan fingerprint density at radius 1 is 1.17 bits per heavy atom. The number of likely N-dealkylation sites (N-methyl/N-ethyl adjacent to an activating group) is 1. The van der Waals surface area contributed by atoms with Gasteiger partial charge in [0.15, 0.2) is 0 Å². The summed E-state index contributed by atoms with van der Waals surface area (Å²) in [4.78, 5) is 25.4. The number of alkyl carbamates (subject to hydrolysis) is 1. The highest BCUT2D eigenvalue weighted by Gasteiger charge is 2.33. The lowest BCUT2D eigenvalue weighted by Crippen LogP contribution is -2.42. The smallest absolute Gasteiger partial charge is 0.416 e. The molecule has 1 rings (SSSR count). The Kier molecular flexibility index (Phi) is 5.86. The molecule has 1 N–H and O–H groups in total. The number of nitrogens with one attached hydrogen (secondary N) is 1. The van der Waals surface area contributed by atoms with Crippen LogP contribution in [0.2, 0.25) is 0 Å². The van der Waals surface area contributed by atoms with Crippen molar-refractivity contribution in [2.45, 2.75) is 38.6 Å². The molecule has 0 aromatic heterocycles. The molecule has 24 heavy (non-hydrogen) atoms. The van der Waals surface area contributed by atoms with Gasteiger partial charge in [0.25, 0.3) is 0 Å². The summed E-state index contributed by atoms with van der Waals surface area (Å²) in [7, 11) is 2.89. The molecule has 1 atom stereocenters. The van der Waals surface area contributed by atoms with E-state index in [2.05, 4.69) is 5.32 Å². The number of carbonyl (C=O) groups excluding carboxylic acids is 2. The van der Waals surface area contributed by atoms with Gasteiger partial charge in [0.2, 0.25) is 5.91 Å². The summed E-state index contributed by atoms with van der Waals surface area (Å²) in [5, 5.41) is 2.33. The molecular formula is C16H21F3N2O3. The summed E-state index contributed by atoms with van der Waals surface area (Å²) in [5.41, 5.74) is -1.68. The molecule has 0 aliphatic heterocycles. The van der Waals surface area contributed by atoms with E-state index in [0.29, 0.717) is 0 Å². The van der Waals surface area contributed by atoms with Crippen molar-refractivity contribution in [1.29, 1.82) is 0 Å². The predicted molar refractivity (Wildman–Crippen MR) is 82.2 cm³/mol. The highest BCUT2D eigenvalue weighted by molar-refractivity contribution is 5.86.